The predicted octanol–water partition coefficient (Wildman–Crippen LogP) is 2.38. The minimum Gasteiger partial charge on any atom is -0.329 e. The summed E-state index contributed by atoms with van der Waals surface area (Å²) in [6, 6.07) is 0. The van der Waals surface area contributed by atoms with Gasteiger partial charge in [0.1, 0.15) is 0 Å². The summed E-state index contributed by atoms with van der Waals surface area (Å²) in [5.74, 6) is -2.44. The molecule has 0 aromatic heterocycles. The number of hydrogen-bond acceptors (Lipinski definition) is 2. The quantitative estimate of drug-likeness (QED) is 0.792. The molecule has 1 aliphatic carbocycles. The van der Waals surface area contributed by atoms with Gasteiger partial charge in [0.2, 0.25) is 0 Å². The molecule has 1 saturated heterocycles. The van der Waals surface area contributed by atoms with Gasteiger partial charge in [-0.3, -0.25) is 4.90 Å². The molecule has 94 valence electrons. The standard InChI is InChI=1S/C12H22F2N2/c13-12(14)6-8-16(9-7-12)11(10-15)4-2-1-3-5-11/h1-10,15H2. The van der Waals surface area contributed by atoms with Crippen molar-refractivity contribution in [3.05, 3.63) is 0 Å². The molecular formula is C12H22F2N2. The fourth-order valence-electron chi connectivity index (χ4n) is 3.17. The van der Waals surface area contributed by atoms with E-state index in [9.17, 15) is 8.78 Å². The average Bonchev–Trinajstić information content (AvgIpc) is 2.30. The van der Waals surface area contributed by atoms with Crippen molar-refractivity contribution in [3.8, 4) is 0 Å². The molecule has 0 unspecified atom stereocenters. The second kappa shape index (κ2) is 4.57. The van der Waals surface area contributed by atoms with Gasteiger partial charge in [-0.2, -0.15) is 0 Å². The highest BCUT2D eigenvalue weighted by Gasteiger charge is 2.42. The van der Waals surface area contributed by atoms with E-state index in [2.05, 4.69) is 4.90 Å². The van der Waals surface area contributed by atoms with Gasteiger partial charge in [-0.15, -0.1) is 0 Å². The number of likely N-dealkylation sites (tertiary alicyclic amines) is 1. The van der Waals surface area contributed by atoms with Gasteiger partial charge in [0.25, 0.3) is 5.92 Å². The van der Waals surface area contributed by atoms with Crippen LogP contribution in [0.2, 0.25) is 0 Å². The van der Waals surface area contributed by atoms with E-state index in [0.29, 0.717) is 19.6 Å². The Balaban J connectivity index is 2.00. The number of piperidine rings is 1. The molecule has 2 rings (SSSR count). The summed E-state index contributed by atoms with van der Waals surface area (Å²) in [4.78, 5) is 2.24. The van der Waals surface area contributed by atoms with E-state index in [4.69, 9.17) is 5.73 Å². The first-order valence-electron chi connectivity index (χ1n) is 6.41. The van der Waals surface area contributed by atoms with Crippen LogP contribution in [-0.2, 0) is 0 Å². The summed E-state index contributed by atoms with van der Waals surface area (Å²) in [5, 5.41) is 0. The van der Waals surface area contributed by atoms with Crippen molar-refractivity contribution in [2.75, 3.05) is 19.6 Å². The van der Waals surface area contributed by atoms with E-state index < -0.39 is 5.92 Å². The Morgan fingerprint density at radius 2 is 1.50 bits per heavy atom. The molecule has 2 N–H and O–H groups in total. The maximum Gasteiger partial charge on any atom is 0.250 e. The van der Waals surface area contributed by atoms with Gasteiger partial charge in [0.15, 0.2) is 0 Å². The monoisotopic (exact) mass is 232 g/mol. The van der Waals surface area contributed by atoms with Gasteiger partial charge >= 0.3 is 0 Å². The first-order valence-corrected chi connectivity index (χ1v) is 6.41. The third kappa shape index (κ3) is 2.38. The van der Waals surface area contributed by atoms with Gasteiger partial charge in [-0.1, -0.05) is 19.3 Å². The van der Waals surface area contributed by atoms with E-state index in [-0.39, 0.29) is 18.4 Å². The summed E-state index contributed by atoms with van der Waals surface area (Å²) in [7, 11) is 0. The van der Waals surface area contributed by atoms with Crippen molar-refractivity contribution in [3.63, 3.8) is 0 Å². The fourth-order valence-corrected chi connectivity index (χ4v) is 3.17. The zero-order chi connectivity index (χ0) is 11.6. The van der Waals surface area contributed by atoms with Crippen LogP contribution in [0.1, 0.15) is 44.9 Å². The van der Waals surface area contributed by atoms with Crippen LogP contribution < -0.4 is 5.73 Å². The van der Waals surface area contributed by atoms with Crippen LogP contribution >= 0.6 is 0 Å². The van der Waals surface area contributed by atoms with Crippen LogP contribution in [0.3, 0.4) is 0 Å². The summed E-state index contributed by atoms with van der Waals surface area (Å²) in [6.07, 6.45) is 5.87. The lowest BCUT2D eigenvalue weighted by Crippen LogP contribution is -2.58. The van der Waals surface area contributed by atoms with Crippen molar-refractivity contribution in [1.29, 1.82) is 0 Å². The maximum atomic E-state index is 13.1. The predicted molar refractivity (Wildman–Crippen MR) is 60.6 cm³/mol. The Kier molecular flexibility index (Phi) is 3.50. The number of rotatable bonds is 2. The number of hydrogen-bond donors (Lipinski definition) is 1. The zero-order valence-electron chi connectivity index (χ0n) is 9.85. The van der Waals surface area contributed by atoms with Crippen molar-refractivity contribution in [2.45, 2.75) is 56.4 Å². The van der Waals surface area contributed by atoms with Crippen LogP contribution in [0.5, 0.6) is 0 Å². The SMILES string of the molecule is NCC1(N2CCC(F)(F)CC2)CCCCC1. The van der Waals surface area contributed by atoms with Gasteiger partial charge < -0.3 is 5.73 Å². The number of alkyl halides is 2. The average molecular weight is 232 g/mol. The molecular weight excluding hydrogens is 210 g/mol. The van der Waals surface area contributed by atoms with E-state index >= 15 is 0 Å². The van der Waals surface area contributed by atoms with Crippen LogP contribution in [0, 0.1) is 0 Å². The minimum atomic E-state index is -2.44. The molecule has 0 radical (unpaired) electrons. The third-order valence-electron chi connectivity index (χ3n) is 4.33. The van der Waals surface area contributed by atoms with Gasteiger partial charge in [-0.25, -0.2) is 8.78 Å². The lowest BCUT2D eigenvalue weighted by Gasteiger charge is -2.48. The fraction of sp³-hybridized carbons (Fsp3) is 1.00. The molecule has 0 aromatic rings. The van der Waals surface area contributed by atoms with Gasteiger partial charge in [0.05, 0.1) is 0 Å². The minimum absolute atomic E-state index is 0.00868. The van der Waals surface area contributed by atoms with E-state index in [1.807, 2.05) is 0 Å². The van der Waals surface area contributed by atoms with Crippen LogP contribution in [0.4, 0.5) is 8.78 Å². The Labute approximate surface area is 96.2 Å². The van der Waals surface area contributed by atoms with Crippen molar-refractivity contribution < 1.29 is 8.78 Å². The summed E-state index contributed by atoms with van der Waals surface area (Å²) >= 11 is 0. The number of nitrogens with zero attached hydrogens (tertiary/aromatic N) is 1. The largest absolute Gasteiger partial charge is 0.329 e. The molecule has 4 heteroatoms. The normalized spacial score (nSPS) is 30.2. The topological polar surface area (TPSA) is 29.3 Å². The molecule has 2 nitrogen and oxygen atoms in total. The highest BCUT2D eigenvalue weighted by molar-refractivity contribution is 4.96. The first kappa shape index (κ1) is 12.2. The lowest BCUT2D eigenvalue weighted by molar-refractivity contribution is -0.0835. The van der Waals surface area contributed by atoms with E-state index in [1.165, 1.54) is 19.3 Å². The van der Waals surface area contributed by atoms with Crippen molar-refractivity contribution >= 4 is 0 Å². The molecule has 0 aromatic carbocycles. The zero-order valence-corrected chi connectivity index (χ0v) is 9.85. The third-order valence-corrected chi connectivity index (χ3v) is 4.33. The molecule has 1 saturated carbocycles. The molecule has 1 aliphatic heterocycles. The van der Waals surface area contributed by atoms with Crippen molar-refractivity contribution in [1.82, 2.24) is 4.90 Å². The summed E-state index contributed by atoms with van der Waals surface area (Å²) < 4.78 is 26.2. The lowest BCUT2D eigenvalue weighted by atomic mass is 9.79. The molecule has 16 heavy (non-hydrogen) atoms. The second-order valence-corrected chi connectivity index (χ2v) is 5.33. The van der Waals surface area contributed by atoms with Gasteiger partial charge in [0, 0.05) is 38.0 Å². The Morgan fingerprint density at radius 3 is 2.00 bits per heavy atom. The number of halogens is 2. The summed E-state index contributed by atoms with van der Waals surface area (Å²) in [6.45, 7) is 1.66. The molecule has 2 fully saturated rings. The molecule has 1 heterocycles. The molecule has 2 aliphatic rings. The smallest absolute Gasteiger partial charge is 0.250 e. The highest BCUT2D eigenvalue weighted by Crippen LogP contribution is 2.37. The Bertz CT molecular complexity index is 227. The summed E-state index contributed by atoms with van der Waals surface area (Å²) in [5.41, 5.74) is 5.94. The van der Waals surface area contributed by atoms with Crippen LogP contribution in [-0.4, -0.2) is 36.0 Å². The Hall–Kier alpha value is -0.220. The van der Waals surface area contributed by atoms with E-state index in [0.717, 1.165) is 12.8 Å². The second-order valence-electron chi connectivity index (χ2n) is 5.33. The highest BCUT2D eigenvalue weighted by atomic mass is 19.3. The molecule has 0 amide bonds. The molecule has 0 atom stereocenters. The molecule has 0 bridgehead atoms. The first-order chi connectivity index (χ1) is 7.58. The van der Waals surface area contributed by atoms with Crippen LogP contribution in [0.15, 0.2) is 0 Å². The van der Waals surface area contributed by atoms with E-state index in [1.54, 1.807) is 0 Å². The van der Waals surface area contributed by atoms with Crippen LogP contribution in [0.25, 0.3) is 0 Å². The maximum absolute atomic E-state index is 13.1. The Morgan fingerprint density at radius 1 is 0.938 bits per heavy atom. The molecule has 0 spiro atoms. The van der Waals surface area contributed by atoms with Gasteiger partial charge in [-0.05, 0) is 12.8 Å². The van der Waals surface area contributed by atoms with Crippen molar-refractivity contribution in [2.24, 2.45) is 5.73 Å². The number of nitrogens with two attached hydrogens (primary N) is 1.